The number of ether oxygens (including phenoxy) is 1. The Morgan fingerprint density at radius 3 is 2.70 bits per heavy atom. The van der Waals surface area contributed by atoms with Gasteiger partial charge < -0.3 is 15.4 Å². The van der Waals surface area contributed by atoms with Gasteiger partial charge in [0.1, 0.15) is 5.82 Å². The maximum atomic E-state index is 5.73. The number of nitrogens with two attached hydrogens (primary N) is 1. The third-order valence-electron chi connectivity index (χ3n) is 4.94. The molecule has 2 aliphatic rings. The fourth-order valence-electron chi connectivity index (χ4n) is 3.20. The van der Waals surface area contributed by atoms with Gasteiger partial charge in [-0.2, -0.15) is 4.98 Å². The Bertz CT molecular complexity index is 429. The molecule has 2 fully saturated rings. The number of aromatic amines is 1. The highest BCUT2D eigenvalue weighted by atomic mass is 16.5. The van der Waals surface area contributed by atoms with Crippen LogP contribution in [-0.4, -0.2) is 47.5 Å². The second-order valence-electron chi connectivity index (χ2n) is 6.17. The molecule has 6 nitrogen and oxygen atoms in total. The van der Waals surface area contributed by atoms with Crippen molar-refractivity contribution in [3.05, 3.63) is 5.82 Å². The van der Waals surface area contributed by atoms with Crippen LogP contribution in [0.4, 0.5) is 5.95 Å². The summed E-state index contributed by atoms with van der Waals surface area (Å²) in [7, 11) is 1.80. The maximum absolute atomic E-state index is 5.73. The predicted octanol–water partition coefficient (Wildman–Crippen LogP) is 1.09. The van der Waals surface area contributed by atoms with E-state index < -0.39 is 0 Å². The van der Waals surface area contributed by atoms with E-state index in [4.69, 9.17) is 10.5 Å². The molecule has 0 spiro atoms. The summed E-state index contributed by atoms with van der Waals surface area (Å²) >= 11 is 0. The maximum Gasteiger partial charge on any atom is 0.244 e. The minimum atomic E-state index is 0.00332. The Morgan fingerprint density at radius 1 is 1.40 bits per heavy atom. The summed E-state index contributed by atoms with van der Waals surface area (Å²) in [5.74, 6) is 2.44. The zero-order valence-corrected chi connectivity index (χ0v) is 12.3. The lowest BCUT2D eigenvalue weighted by Gasteiger charge is -2.39. The second kappa shape index (κ2) is 5.69. The Balaban J connectivity index is 1.59. The van der Waals surface area contributed by atoms with Crippen molar-refractivity contribution in [2.45, 2.75) is 44.1 Å². The van der Waals surface area contributed by atoms with Crippen LogP contribution in [-0.2, 0) is 11.2 Å². The van der Waals surface area contributed by atoms with Crippen LogP contribution in [0.5, 0.6) is 0 Å². The van der Waals surface area contributed by atoms with E-state index in [1.807, 2.05) is 0 Å². The van der Waals surface area contributed by atoms with Crippen molar-refractivity contribution in [3.63, 3.8) is 0 Å². The molecule has 6 heteroatoms. The number of rotatable bonds is 5. The van der Waals surface area contributed by atoms with Crippen LogP contribution in [0.3, 0.4) is 0 Å². The summed E-state index contributed by atoms with van der Waals surface area (Å²) < 4.78 is 5.65. The van der Waals surface area contributed by atoms with Crippen LogP contribution < -0.4 is 10.6 Å². The van der Waals surface area contributed by atoms with Crippen LogP contribution in [0.15, 0.2) is 0 Å². The molecule has 20 heavy (non-hydrogen) atoms. The van der Waals surface area contributed by atoms with Gasteiger partial charge in [-0.3, -0.25) is 5.10 Å². The zero-order valence-electron chi connectivity index (χ0n) is 12.3. The molecule has 1 aliphatic heterocycles. The first-order valence-electron chi connectivity index (χ1n) is 7.66. The molecule has 1 saturated carbocycles. The average Bonchev–Trinajstić information content (AvgIpc) is 2.91. The van der Waals surface area contributed by atoms with Gasteiger partial charge in [0.2, 0.25) is 5.95 Å². The van der Waals surface area contributed by atoms with Gasteiger partial charge in [-0.1, -0.05) is 0 Å². The van der Waals surface area contributed by atoms with E-state index in [0.29, 0.717) is 5.92 Å². The van der Waals surface area contributed by atoms with E-state index >= 15 is 0 Å². The lowest BCUT2D eigenvalue weighted by atomic mass is 9.77. The van der Waals surface area contributed by atoms with Crippen LogP contribution in [0.2, 0.25) is 0 Å². The molecule has 1 saturated heterocycles. The number of hydrogen-bond acceptors (Lipinski definition) is 5. The minimum Gasteiger partial charge on any atom is -0.378 e. The number of anilines is 1. The molecule has 2 heterocycles. The van der Waals surface area contributed by atoms with Crippen molar-refractivity contribution < 1.29 is 4.74 Å². The summed E-state index contributed by atoms with van der Waals surface area (Å²) in [6.45, 7) is 2.81. The highest BCUT2D eigenvalue weighted by Gasteiger charge is 2.38. The quantitative estimate of drug-likeness (QED) is 0.843. The van der Waals surface area contributed by atoms with Gasteiger partial charge in [0.05, 0.1) is 5.60 Å². The highest BCUT2D eigenvalue weighted by Crippen LogP contribution is 2.37. The van der Waals surface area contributed by atoms with E-state index in [0.717, 1.165) is 63.5 Å². The molecular weight excluding hydrogens is 254 g/mol. The van der Waals surface area contributed by atoms with Crippen molar-refractivity contribution in [1.82, 2.24) is 15.2 Å². The third kappa shape index (κ3) is 2.67. The molecule has 1 aliphatic carbocycles. The molecule has 1 aromatic rings. The molecule has 0 radical (unpaired) electrons. The third-order valence-corrected chi connectivity index (χ3v) is 4.94. The minimum absolute atomic E-state index is 0.00332. The van der Waals surface area contributed by atoms with Crippen LogP contribution in [0.25, 0.3) is 0 Å². The van der Waals surface area contributed by atoms with Gasteiger partial charge in [-0.25, -0.2) is 0 Å². The average molecular weight is 279 g/mol. The fraction of sp³-hybridized carbons (Fsp3) is 0.857. The van der Waals surface area contributed by atoms with Crippen LogP contribution >= 0.6 is 0 Å². The van der Waals surface area contributed by atoms with Crippen molar-refractivity contribution in [3.8, 4) is 0 Å². The van der Waals surface area contributed by atoms with Crippen LogP contribution in [0.1, 0.15) is 37.9 Å². The first kappa shape index (κ1) is 13.8. The van der Waals surface area contributed by atoms with Crippen molar-refractivity contribution in [2.24, 2.45) is 11.7 Å². The first-order valence-corrected chi connectivity index (χ1v) is 7.66. The SMILES string of the molecule is COC1(Cc2nc(N3CCC(CN)CC3)n[nH]2)CCC1. The molecule has 0 unspecified atom stereocenters. The number of nitrogens with one attached hydrogen (secondary N) is 1. The van der Waals surface area contributed by atoms with E-state index in [-0.39, 0.29) is 5.60 Å². The monoisotopic (exact) mass is 279 g/mol. The summed E-state index contributed by atoms with van der Waals surface area (Å²) in [6, 6.07) is 0. The Kier molecular flexibility index (Phi) is 3.94. The number of aromatic nitrogens is 3. The predicted molar refractivity (Wildman–Crippen MR) is 77.7 cm³/mol. The van der Waals surface area contributed by atoms with Gasteiger partial charge in [0.15, 0.2) is 0 Å². The fourth-order valence-corrected chi connectivity index (χ4v) is 3.20. The summed E-state index contributed by atoms with van der Waals surface area (Å²) in [5.41, 5.74) is 5.73. The van der Waals surface area contributed by atoms with Crippen LogP contribution in [0, 0.1) is 5.92 Å². The van der Waals surface area contributed by atoms with Gasteiger partial charge in [-0.05, 0) is 44.6 Å². The standard InChI is InChI=1S/C14H25N5O/c1-20-14(5-2-6-14)9-12-16-13(18-17-12)19-7-3-11(10-15)4-8-19/h11H,2-10,15H2,1H3,(H,16,17,18). The van der Waals surface area contributed by atoms with E-state index in [1.54, 1.807) is 7.11 Å². The molecule has 0 atom stereocenters. The lowest BCUT2D eigenvalue weighted by molar-refractivity contribution is -0.0720. The first-order chi connectivity index (χ1) is 9.74. The molecule has 112 valence electrons. The Morgan fingerprint density at radius 2 is 2.15 bits per heavy atom. The molecule has 1 aromatic heterocycles. The van der Waals surface area contributed by atoms with Gasteiger partial charge in [0, 0.05) is 26.6 Å². The molecule has 0 amide bonds. The Hall–Kier alpha value is -1.14. The summed E-state index contributed by atoms with van der Waals surface area (Å²) in [5, 5.41) is 7.45. The molecule has 3 rings (SSSR count). The Labute approximate surface area is 120 Å². The zero-order chi connectivity index (χ0) is 14.0. The largest absolute Gasteiger partial charge is 0.378 e. The number of methoxy groups -OCH3 is 1. The van der Waals surface area contributed by atoms with Crippen molar-refractivity contribution in [1.29, 1.82) is 0 Å². The van der Waals surface area contributed by atoms with Gasteiger partial charge in [-0.15, -0.1) is 5.10 Å². The van der Waals surface area contributed by atoms with E-state index in [1.165, 1.54) is 6.42 Å². The number of nitrogens with zero attached hydrogens (tertiary/aromatic N) is 3. The van der Waals surface area contributed by atoms with E-state index in [9.17, 15) is 0 Å². The highest BCUT2D eigenvalue weighted by molar-refractivity contribution is 5.29. The number of H-pyrrole nitrogens is 1. The molecule has 0 bridgehead atoms. The topological polar surface area (TPSA) is 80.1 Å². The van der Waals surface area contributed by atoms with Crippen molar-refractivity contribution in [2.75, 3.05) is 31.6 Å². The van der Waals surface area contributed by atoms with Gasteiger partial charge >= 0.3 is 0 Å². The summed E-state index contributed by atoms with van der Waals surface area (Å²) in [6.07, 6.45) is 6.63. The lowest BCUT2D eigenvalue weighted by Crippen LogP contribution is -2.41. The number of hydrogen-bond donors (Lipinski definition) is 2. The molecular formula is C14H25N5O. The molecule has 3 N–H and O–H groups in total. The van der Waals surface area contributed by atoms with E-state index in [2.05, 4.69) is 20.1 Å². The normalized spacial score (nSPS) is 22.8. The van der Waals surface area contributed by atoms with Crippen molar-refractivity contribution >= 4 is 5.95 Å². The summed E-state index contributed by atoms with van der Waals surface area (Å²) in [4.78, 5) is 6.90. The number of piperidine rings is 1. The molecule has 0 aromatic carbocycles. The van der Waals surface area contributed by atoms with Gasteiger partial charge in [0.25, 0.3) is 0 Å². The second-order valence-corrected chi connectivity index (χ2v) is 6.17. The smallest absolute Gasteiger partial charge is 0.244 e.